The van der Waals surface area contributed by atoms with Crippen molar-refractivity contribution in [3.8, 4) is 11.3 Å². The van der Waals surface area contributed by atoms with E-state index in [1.807, 2.05) is 12.3 Å². The summed E-state index contributed by atoms with van der Waals surface area (Å²) in [4.78, 5) is 33.1. The molecule has 0 bridgehead atoms. The van der Waals surface area contributed by atoms with Crippen LogP contribution in [0.2, 0.25) is 5.02 Å². The van der Waals surface area contributed by atoms with E-state index in [1.165, 1.54) is 6.92 Å². The number of anilines is 1. The highest BCUT2D eigenvalue weighted by Crippen LogP contribution is 2.37. The van der Waals surface area contributed by atoms with Crippen LogP contribution in [0.3, 0.4) is 0 Å². The molecule has 160 valence electrons. The molecule has 2 unspecified atom stereocenters. The van der Waals surface area contributed by atoms with Gasteiger partial charge < -0.3 is 15.2 Å². The fourth-order valence-corrected chi connectivity index (χ4v) is 4.84. The minimum atomic E-state index is -0.142. The second-order valence-electron chi connectivity index (χ2n) is 9.29. The van der Waals surface area contributed by atoms with Gasteiger partial charge in [0.05, 0.1) is 16.9 Å². The van der Waals surface area contributed by atoms with E-state index in [4.69, 9.17) is 11.6 Å². The van der Waals surface area contributed by atoms with E-state index >= 15 is 0 Å². The summed E-state index contributed by atoms with van der Waals surface area (Å²) in [5, 5.41) is 6.41. The van der Waals surface area contributed by atoms with Crippen molar-refractivity contribution >= 4 is 29.2 Å². The summed E-state index contributed by atoms with van der Waals surface area (Å²) in [6.07, 6.45) is 7.64. The molecule has 4 rings (SSSR count). The first-order chi connectivity index (χ1) is 14.2. The number of aromatic nitrogens is 3. The molecule has 2 aromatic heterocycles. The molecular weight excluding hydrogens is 402 g/mol. The van der Waals surface area contributed by atoms with Crippen molar-refractivity contribution in [3.05, 3.63) is 29.3 Å². The number of nitrogens with zero attached hydrogens (tertiary/aromatic N) is 3. The number of halogens is 1. The molecule has 3 heterocycles. The summed E-state index contributed by atoms with van der Waals surface area (Å²) in [6, 6.07) is 1.88. The topological polar surface area (TPSA) is 88.9 Å². The molecular formula is C22H28ClN5O2. The van der Waals surface area contributed by atoms with Crippen LogP contribution in [0.25, 0.3) is 11.3 Å². The van der Waals surface area contributed by atoms with Gasteiger partial charge in [0.15, 0.2) is 0 Å². The summed E-state index contributed by atoms with van der Waals surface area (Å²) in [5.41, 5.74) is 1.93. The van der Waals surface area contributed by atoms with Crippen LogP contribution in [0, 0.1) is 11.3 Å². The summed E-state index contributed by atoms with van der Waals surface area (Å²) < 4.78 is 2.20. The van der Waals surface area contributed by atoms with Gasteiger partial charge in [0, 0.05) is 43.6 Å². The maximum Gasteiger partial charge on any atom is 0.228 e. The third-order valence-electron chi connectivity index (χ3n) is 6.00. The molecule has 8 heteroatoms. The zero-order valence-corrected chi connectivity index (χ0v) is 18.4. The number of nitrogens with one attached hydrogen (secondary N) is 2. The van der Waals surface area contributed by atoms with Gasteiger partial charge in [-0.15, -0.1) is 0 Å². The molecule has 1 saturated carbocycles. The fourth-order valence-electron chi connectivity index (χ4n) is 4.64. The van der Waals surface area contributed by atoms with Gasteiger partial charge in [-0.25, -0.2) is 9.97 Å². The normalized spacial score (nSPS) is 22.4. The van der Waals surface area contributed by atoms with Crippen molar-refractivity contribution in [2.24, 2.45) is 11.3 Å². The Hall–Kier alpha value is -2.41. The second kappa shape index (κ2) is 8.02. The van der Waals surface area contributed by atoms with Crippen molar-refractivity contribution in [3.63, 3.8) is 0 Å². The number of hydrogen-bond donors (Lipinski definition) is 2. The van der Waals surface area contributed by atoms with Gasteiger partial charge in [-0.2, -0.15) is 0 Å². The predicted molar refractivity (Wildman–Crippen MR) is 116 cm³/mol. The Morgan fingerprint density at radius 2 is 2.03 bits per heavy atom. The van der Waals surface area contributed by atoms with Gasteiger partial charge in [-0.05, 0) is 30.7 Å². The summed E-state index contributed by atoms with van der Waals surface area (Å²) in [6.45, 7) is 6.84. The van der Waals surface area contributed by atoms with Crippen molar-refractivity contribution in [2.45, 2.75) is 65.5 Å². The quantitative estimate of drug-likeness (QED) is 0.773. The van der Waals surface area contributed by atoms with E-state index in [0.717, 1.165) is 49.3 Å². The van der Waals surface area contributed by atoms with Crippen LogP contribution in [-0.4, -0.2) is 32.4 Å². The minimum absolute atomic E-state index is 0.0541. The first-order valence-electron chi connectivity index (χ1n) is 10.5. The molecule has 2 aromatic rings. The molecule has 0 saturated heterocycles. The van der Waals surface area contributed by atoms with E-state index in [2.05, 4.69) is 39.0 Å². The highest BCUT2D eigenvalue weighted by Gasteiger charge is 2.32. The molecule has 0 radical (unpaired) electrons. The van der Waals surface area contributed by atoms with Crippen LogP contribution in [0.4, 0.5) is 5.82 Å². The van der Waals surface area contributed by atoms with Crippen LogP contribution in [0.1, 0.15) is 52.3 Å². The molecule has 30 heavy (non-hydrogen) atoms. The summed E-state index contributed by atoms with van der Waals surface area (Å²) >= 11 is 6.46. The van der Waals surface area contributed by atoms with Crippen molar-refractivity contribution in [1.82, 2.24) is 19.9 Å². The van der Waals surface area contributed by atoms with E-state index in [0.29, 0.717) is 17.3 Å². The lowest BCUT2D eigenvalue weighted by molar-refractivity contribution is -0.123. The molecule has 2 aliphatic rings. The zero-order chi connectivity index (χ0) is 21.5. The second-order valence-corrected chi connectivity index (χ2v) is 9.69. The van der Waals surface area contributed by atoms with E-state index in [9.17, 15) is 9.59 Å². The third kappa shape index (κ3) is 4.36. The average Bonchev–Trinajstić information content (AvgIpc) is 3.18. The van der Waals surface area contributed by atoms with Gasteiger partial charge in [-0.3, -0.25) is 9.59 Å². The van der Waals surface area contributed by atoms with Gasteiger partial charge in [0.2, 0.25) is 11.8 Å². The number of imidazole rings is 1. The number of hydrogen-bond acceptors (Lipinski definition) is 4. The summed E-state index contributed by atoms with van der Waals surface area (Å²) in [5.74, 6) is 1.28. The Kier molecular flexibility index (Phi) is 5.57. The smallest absolute Gasteiger partial charge is 0.228 e. The predicted octanol–water partition coefficient (Wildman–Crippen LogP) is 3.81. The van der Waals surface area contributed by atoms with Crippen LogP contribution < -0.4 is 10.6 Å². The number of carbonyl (C=O) groups excluding carboxylic acids is 2. The first-order valence-corrected chi connectivity index (χ1v) is 10.9. The minimum Gasteiger partial charge on any atom is -0.354 e. The van der Waals surface area contributed by atoms with Crippen LogP contribution in [0.5, 0.6) is 0 Å². The Balaban J connectivity index is 1.51. The molecule has 1 aliphatic heterocycles. The Bertz CT molecular complexity index is 984. The highest BCUT2D eigenvalue weighted by molar-refractivity contribution is 6.33. The van der Waals surface area contributed by atoms with Crippen LogP contribution in [0.15, 0.2) is 18.5 Å². The largest absolute Gasteiger partial charge is 0.354 e. The first kappa shape index (κ1) is 20.8. The maximum atomic E-state index is 12.8. The van der Waals surface area contributed by atoms with Crippen LogP contribution in [-0.2, 0) is 22.6 Å². The SMILES string of the molecule is CC(=O)NC1CCCC(C(=O)Nc2cc(-c3cnc4n3CC(C)(C)C4)c(Cl)cn2)C1. The molecule has 0 aromatic carbocycles. The molecule has 7 nitrogen and oxygen atoms in total. The maximum absolute atomic E-state index is 12.8. The fraction of sp³-hybridized carbons (Fsp3) is 0.545. The van der Waals surface area contributed by atoms with Crippen molar-refractivity contribution in [1.29, 1.82) is 0 Å². The number of rotatable bonds is 4. The van der Waals surface area contributed by atoms with Crippen LogP contribution >= 0.6 is 11.6 Å². The molecule has 0 spiro atoms. The average molecular weight is 430 g/mol. The standard InChI is InChI=1S/C22H28ClN5O2/c1-13(29)26-15-6-4-5-14(7-15)21(30)27-19-8-16(17(23)10-24-19)18-11-25-20-9-22(2,3)12-28(18)20/h8,10-11,14-15H,4-7,9,12H2,1-3H3,(H,26,29)(H,24,27,30). The number of pyridine rings is 1. The zero-order valence-electron chi connectivity index (χ0n) is 17.7. The Morgan fingerprint density at radius 1 is 1.23 bits per heavy atom. The molecule has 2 atom stereocenters. The lowest BCUT2D eigenvalue weighted by atomic mass is 9.85. The lowest BCUT2D eigenvalue weighted by Gasteiger charge is -2.28. The number of carbonyl (C=O) groups is 2. The lowest BCUT2D eigenvalue weighted by Crippen LogP contribution is -2.40. The summed E-state index contributed by atoms with van der Waals surface area (Å²) in [7, 11) is 0. The highest BCUT2D eigenvalue weighted by atomic mass is 35.5. The number of amides is 2. The number of fused-ring (bicyclic) bond motifs is 1. The van der Waals surface area contributed by atoms with E-state index < -0.39 is 0 Å². The van der Waals surface area contributed by atoms with Crippen molar-refractivity contribution in [2.75, 3.05) is 5.32 Å². The molecule has 1 aliphatic carbocycles. The van der Waals surface area contributed by atoms with Gasteiger partial charge in [0.25, 0.3) is 0 Å². The van der Waals surface area contributed by atoms with Gasteiger partial charge in [-0.1, -0.05) is 31.9 Å². The Labute approximate surface area is 181 Å². The van der Waals surface area contributed by atoms with Gasteiger partial charge in [0.1, 0.15) is 11.6 Å². The van der Waals surface area contributed by atoms with E-state index in [1.54, 1.807) is 6.20 Å². The molecule has 2 N–H and O–H groups in total. The van der Waals surface area contributed by atoms with E-state index in [-0.39, 0.29) is 29.2 Å². The molecule has 2 amide bonds. The van der Waals surface area contributed by atoms with Gasteiger partial charge >= 0.3 is 0 Å². The van der Waals surface area contributed by atoms with Crippen molar-refractivity contribution < 1.29 is 9.59 Å². The Morgan fingerprint density at radius 3 is 2.80 bits per heavy atom. The molecule has 1 fully saturated rings. The monoisotopic (exact) mass is 429 g/mol. The third-order valence-corrected chi connectivity index (χ3v) is 6.30.